The predicted molar refractivity (Wildman–Crippen MR) is 83.2 cm³/mol. The van der Waals surface area contributed by atoms with Crippen LogP contribution in [0.15, 0.2) is 51.4 Å². The molecule has 0 fully saturated rings. The van der Waals surface area contributed by atoms with Crippen molar-refractivity contribution >= 4 is 49.4 Å². The van der Waals surface area contributed by atoms with Crippen LogP contribution >= 0.6 is 31.9 Å². The van der Waals surface area contributed by atoms with E-state index in [-0.39, 0.29) is 11.5 Å². The Morgan fingerprint density at radius 3 is 2.35 bits per heavy atom. The second-order valence-corrected chi connectivity index (χ2v) is 5.73. The summed E-state index contributed by atoms with van der Waals surface area (Å²) < 4.78 is 1.33. The second-order valence-electron chi connectivity index (χ2n) is 3.96. The quantitative estimate of drug-likeness (QED) is 0.815. The molecule has 2 rings (SSSR count). The maximum absolute atomic E-state index is 12.1. The van der Waals surface area contributed by atoms with Crippen molar-refractivity contribution in [1.82, 2.24) is 0 Å². The number of rotatable bonds is 3. The van der Waals surface area contributed by atoms with Crippen LogP contribution in [0.1, 0.15) is 20.7 Å². The van der Waals surface area contributed by atoms with E-state index in [2.05, 4.69) is 37.2 Å². The van der Waals surface area contributed by atoms with Gasteiger partial charge in [-0.05, 0) is 52.3 Å². The molecule has 2 aromatic carbocycles. The van der Waals surface area contributed by atoms with Crippen molar-refractivity contribution in [1.29, 1.82) is 0 Å². The molecule has 0 saturated heterocycles. The van der Waals surface area contributed by atoms with E-state index in [1.54, 1.807) is 24.3 Å². The van der Waals surface area contributed by atoms with Gasteiger partial charge in [0.05, 0.1) is 11.3 Å². The van der Waals surface area contributed by atoms with Gasteiger partial charge >= 0.3 is 5.97 Å². The van der Waals surface area contributed by atoms with Crippen molar-refractivity contribution < 1.29 is 14.7 Å². The number of carboxylic acid groups (broad SMARTS) is 1. The summed E-state index contributed by atoms with van der Waals surface area (Å²) >= 11 is 6.54. The SMILES string of the molecule is O=C(O)c1ccc(NC(=O)c2cccc(Br)c2)c(Br)c1. The molecular formula is C14H9Br2NO3. The first kappa shape index (κ1) is 14.7. The largest absolute Gasteiger partial charge is 0.478 e. The number of anilines is 1. The molecule has 2 N–H and O–H groups in total. The summed E-state index contributed by atoms with van der Waals surface area (Å²) in [6.45, 7) is 0. The lowest BCUT2D eigenvalue weighted by Crippen LogP contribution is -2.12. The molecule has 0 saturated carbocycles. The summed E-state index contributed by atoms with van der Waals surface area (Å²) in [5, 5.41) is 11.6. The van der Waals surface area contributed by atoms with Gasteiger partial charge < -0.3 is 10.4 Å². The average Bonchev–Trinajstić information content (AvgIpc) is 2.40. The van der Waals surface area contributed by atoms with Crippen LogP contribution in [-0.4, -0.2) is 17.0 Å². The zero-order valence-electron chi connectivity index (χ0n) is 10.1. The molecule has 0 aromatic heterocycles. The van der Waals surface area contributed by atoms with Gasteiger partial charge in [-0.1, -0.05) is 22.0 Å². The lowest BCUT2D eigenvalue weighted by molar-refractivity contribution is 0.0696. The van der Waals surface area contributed by atoms with Gasteiger partial charge in [-0.2, -0.15) is 0 Å². The molecule has 0 aliphatic heterocycles. The monoisotopic (exact) mass is 397 g/mol. The van der Waals surface area contributed by atoms with Crippen molar-refractivity contribution in [2.45, 2.75) is 0 Å². The molecule has 102 valence electrons. The van der Waals surface area contributed by atoms with Crippen molar-refractivity contribution in [2.24, 2.45) is 0 Å². The molecule has 1 amide bonds. The number of aromatic carboxylic acids is 1. The van der Waals surface area contributed by atoms with Gasteiger partial charge in [-0.15, -0.1) is 0 Å². The van der Waals surface area contributed by atoms with Crippen LogP contribution in [-0.2, 0) is 0 Å². The standard InChI is InChI=1S/C14H9Br2NO3/c15-10-3-1-2-8(6-10)13(18)17-12-5-4-9(14(19)20)7-11(12)16/h1-7H,(H,17,18)(H,19,20). The third kappa shape index (κ3) is 3.46. The van der Waals surface area contributed by atoms with E-state index in [0.717, 1.165) is 4.47 Å². The highest BCUT2D eigenvalue weighted by atomic mass is 79.9. The van der Waals surface area contributed by atoms with Gasteiger partial charge in [0.15, 0.2) is 0 Å². The van der Waals surface area contributed by atoms with Gasteiger partial charge in [-0.25, -0.2) is 4.79 Å². The number of carboxylic acids is 1. The Bertz CT molecular complexity index is 686. The van der Waals surface area contributed by atoms with E-state index in [0.29, 0.717) is 15.7 Å². The van der Waals surface area contributed by atoms with E-state index in [9.17, 15) is 9.59 Å². The lowest BCUT2D eigenvalue weighted by atomic mass is 10.2. The van der Waals surface area contributed by atoms with Crippen LogP contribution in [0.4, 0.5) is 5.69 Å². The highest BCUT2D eigenvalue weighted by Gasteiger charge is 2.11. The third-order valence-electron chi connectivity index (χ3n) is 2.55. The fourth-order valence-electron chi connectivity index (χ4n) is 1.57. The summed E-state index contributed by atoms with van der Waals surface area (Å²) in [5.41, 5.74) is 1.17. The molecule has 0 spiro atoms. The van der Waals surface area contributed by atoms with Crippen LogP contribution in [0.5, 0.6) is 0 Å². The smallest absolute Gasteiger partial charge is 0.335 e. The molecule has 20 heavy (non-hydrogen) atoms. The summed E-state index contributed by atoms with van der Waals surface area (Å²) in [7, 11) is 0. The Hall–Kier alpha value is -1.66. The second kappa shape index (κ2) is 6.19. The average molecular weight is 399 g/mol. The fraction of sp³-hybridized carbons (Fsp3) is 0. The summed E-state index contributed by atoms with van der Waals surface area (Å²) in [6, 6.07) is 11.4. The number of carbonyl (C=O) groups is 2. The summed E-state index contributed by atoms with van der Waals surface area (Å²) in [6.07, 6.45) is 0. The van der Waals surface area contributed by atoms with Crippen LogP contribution in [0.25, 0.3) is 0 Å². The molecule has 6 heteroatoms. The van der Waals surface area contributed by atoms with Crippen LogP contribution in [0.2, 0.25) is 0 Å². The Kier molecular flexibility index (Phi) is 4.57. The molecule has 0 aliphatic rings. The normalized spacial score (nSPS) is 10.1. The minimum atomic E-state index is -1.02. The lowest BCUT2D eigenvalue weighted by Gasteiger charge is -2.08. The molecule has 0 atom stereocenters. The number of amides is 1. The highest BCUT2D eigenvalue weighted by molar-refractivity contribution is 9.10. The molecule has 0 aliphatic carbocycles. The zero-order chi connectivity index (χ0) is 14.7. The molecule has 2 aromatic rings. The first-order valence-corrected chi connectivity index (χ1v) is 7.16. The zero-order valence-corrected chi connectivity index (χ0v) is 13.2. The summed E-state index contributed by atoms with van der Waals surface area (Å²) in [4.78, 5) is 22.9. The van der Waals surface area contributed by atoms with E-state index < -0.39 is 5.97 Å². The van der Waals surface area contributed by atoms with Crippen LogP contribution < -0.4 is 5.32 Å². The maximum atomic E-state index is 12.1. The maximum Gasteiger partial charge on any atom is 0.335 e. The van der Waals surface area contributed by atoms with Crippen LogP contribution in [0, 0.1) is 0 Å². The Morgan fingerprint density at radius 2 is 1.75 bits per heavy atom. The number of hydrogen-bond acceptors (Lipinski definition) is 2. The number of carbonyl (C=O) groups excluding carboxylic acids is 1. The van der Waals surface area contributed by atoms with Crippen molar-refractivity contribution in [2.75, 3.05) is 5.32 Å². The van der Waals surface area contributed by atoms with E-state index >= 15 is 0 Å². The first-order chi connectivity index (χ1) is 9.47. The van der Waals surface area contributed by atoms with Crippen molar-refractivity contribution in [3.05, 3.63) is 62.5 Å². The van der Waals surface area contributed by atoms with Gasteiger partial charge in [0.1, 0.15) is 0 Å². The molecular weight excluding hydrogens is 390 g/mol. The molecule has 0 unspecified atom stereocenters. The first-order valence-electron chi connectivity index (χ1n) is 5.57. The molecule has 4 nitrogen and oxygen atoms in total. The van der Waals surface area contributed by atoms with Gasteiger partial charge in [-0.3, -0.25) is 4.79 Å². The van der Waals surface area contributed by atoms with Crippen molar-refractivity contribution in [3.8, 4) is 0 Å². The van der Waals surface area contributed by atoms with Gasteiger partial charge in [0.2, 0.25) is 0 Å². The van der Waals surface area contributed by atoms with Crippen molar-refractivity contribution in [3.63, 3.8) is 0 Å². The molecule has 0 radical (unpaired) electrons. The third-order valence-corrected chi connectivity index (χ3v) is 3.70. The van der Waals surface area contributed by atoms with E-state index in [1.807, 2.05) is 6.07 Å². The van der Waals surface area contributed by atoms with Crippen LogP contribution in [0.3, 0.4) is 0 Å². The van der Waals surface area contributed by atoms with E-state index in [4.69, 9.17) is 5.11 Å². The summed E-state index contributed by atoms with van der Waals surface area (Å²) in [5.74, 6) is -1.29. The Labute approximate surface area is 132 Å². The number of nitrogens with one attached hydrogen (secondary N) is 1. The Balaban J connectivity index is 2.22. The number of hydrogen-bond donors (Lipinski definition) is 2. The topological polar surface area (TPSA) is 66.4 Å². The number of benzene rings is 2. The Morgan fingerprint density at radius 1 is 1.00 bits per heavy atom. The van der Waals surface area contributed by atoms with E-state index in [1.165, 1.54) is 12.1 Å². The van der Waals surface area contributed by atoms with Gasteiger partial charge in [0.25, 0.3) is 5.91 Å². The number of halogens is 2. The minimum absolute atomic E-state index is 0.150. The molecule has 0 heterocycles. The minimum Gasteiger partial charge on any atom is -0.478 e. The predicted octanol–water partition coefficient (Wildman–Crippen LogP) is 4.16. The highest BCUT2D eigenvalue weighted by Crippen LogP contribution is 2.24. The fourth-order valence-corrected chi connectivity index (χ4v) is 2.45. The molecule has 0 bridgehead atoms. The van der Waals surface area contributed by atoms with Gasteiger partial charge in [0, 0.05) is 14.5 Å².